The predicted octanol–water partition coefficient (Wildman–Crippen LogP) is 5.50. The van der Waals surface area contributed by atoms with Gasteiger partial charge in [0.1, 0.15) is 12.4 Å². The van der Waals surface area contributed by atoms with Gasteiger partial charge in [-0.3, -0.25) is 4.90 Å². The van der Waals surface area contributed by atoms with Gasteiger partial charge < -0.3 is 9.47 Å². The van der Waals surface area contributed by atoms with E-state index in [0.29, 0.717) is 25.2 Å². The van der Waals surface area contributed by atoms with Crippen LogP contribution in [0.3, 0.4) is 0 Å². The summed E-state index contributed by atoms with van der Waals surface area (Å²) in [4.78, 5) is 15.1. The van der Waals surface area contributed by atoms with E-state index in [1.807, 2.05) is 36.4 Å². The number of carbonyl (C=O) groups is 1. The first-order valence-corrected chi connectivity index (χ1v) is 11.7. The highest BCUT2D eigenvalue weighted by molar-refractivity contribution is 5.79. The number of benzene rings is 3. The molecular formula is C29H23FN2O3. The average molecular weight is 467 g/mol. The molecule has 2 atom stereocenters. The smallest absolute Gasteiger partial charge is 0.410 e. The van der Waals surface area contributed by atoms with Gasteiger partial charge in [-0.2, -0.15) is 5.26 Å². The molecule has 35 heavy (non-hydrogen) atoms. The van der Waals surface area contributed by atoms with E-state index in [0.717, 1.165) is 5.57 Å². The number of carbonyl (C=O) groups excluding carboxylic acids is 1. The number of halogens is 1. The molecule has 2 aliphatic heterocycles. The molecule has 1 aliphatic carbocycles. The Bertz CT molecular complexity index is 1350. The van der Waals surface area contributed by atoms with Gasteiger partial charge >= 0.3 is 6.09 Å². The lowest BCUT2D eigenvalue weighted by molar-refractivity contribution is -0.0331. The first-order valence-electron chi connectivity index (χ1n) is 11.7. The van der Waals surface area contributed by atoms with Crippen molar-refractivity contribution in [2.45, 2.75) is 24.4 Å². The van der Waals surface area contributed by atoms with E-state index in [1.54, 1.807) is 11.0 Å². The van der Waals surface area contributed by atoms with Crippen molar-refractivity contribution in [1.82, 2.24) is 4.90 Å². The number of hydrogen-bond donors (Lipinski definition) is 0. The predicted molar refractivity (Wildman–Crippen MR) is 129 cm³/mol. The van der Waals surface area contributed by atoms with Crippen LogP contribution in [0.2, 0.25) is 0 Å². The maximum Gasteiger partial charge on any atom is 0.410 e. The Balaban J connectivity index is 1.23. The number of hydrogen-bond acceptors (Lipinski definition) is 4. The van der Waals surface area contributed by atoms with Gasteiger partial charge in [0, 0.05) is 5.92 Å². The third kappa shape index (κ3) is 3.78. The van der Waals surface area contributed by atoms with E-state index in [1.165, 1.54) is 34.4 Å². The van der Waals surface area contributed by atoms with Crippen molar-refractivity contribution >= 4 is 11.7 Å². The van der Waals surface area contributed by atoms with E-state index in [4.69, 9.17) is 9.47 Å². The molecule has 5 nitrogen and oxygen atoms in total. The number of fused-ring (bicyclic) bond motifs is 5. The Hall–Kier alpha value is -3.95. The van der Waals surface area contributed by atoms with Gasteiger partial charge in [0.25, 0.3) is 0 Å². The molecule has 2 bridgehead atoms. The van der Waals surface area contributed by atoms with Gasteiger partial charge in [0.2, 0.25) is 0 Å². The summed E-state index contributed by atoms with van der Waals surface area (Å²) in [7, 11) is 0. The minimum absolute atomic E-state index is 0.00460. The van der Waals surface area contributed by atoms with Crippen molar-refractivity contribution in [3.63, 3.8) is 0 Å². The standard InChI is InChI=1S/C29H23FN2O3/c30-21-10-18(14-31)9-19(11-21)20-12-22-15-34-16-23(13-20)32(22)29(33)35-17-28-26-7-3-1-5-24(26)25-6-2-4-8-27(25)28/h1-12,22-23,28H,13,15-17H2. The minimum atomic E-state index is -0.444. The van der Waals surface area contributed by atoms with Gasteiger partial charge in [-0.05, 0) is 58.0 Å². The lowest BCUT2D eigenvalue weighted by atomic mass is 9.89. The first kappa shape index (κ1) is 21.6. The molecule has 1 fully saturated rings. The number of ether oxygens (including phenoxy) is 2. The summed E-state index contributed by atoms with van der Waals surface area (Å²) < 4.78 is 25.7. The van der Waals surface area contributed by atoms with Crippen LogP contribution in [-0.4, -0.2) is 42.9 Å². The summed E-state index contributed by atoms with van der Waals surface area (Å²) in [5.74, 6) is -0.449. The molecule has 6 rings (SSSR count). The Morgan fingerprint density at radius 3 is 2.46 bits per heavy atom. The van der Waals surface area contributed by atoms with Crippen LogP contribution in [0.4, 0.5) is 9.18 Å². The van der Waals surface area contributed by atoms with Gasteiger partial charge in [0.15, 0.2) is 0 Å². The number of nitriles is 1. The second-order valence-electron chi connectivity index (χ2n) is 9.21. The maximum atomic E-state index is 14.0. The second kappa shape index (κ2) is 8.68. The van der Waals surface area contributed by atoms with E-state index in [-0.39, 0.29) is 36.3 Å². The lowest BCUT2D eigenvalue weighted by Gasteiger charge is -2.44. The normalized spacial score (nSPS) is 20.5. The Kier molecular flexibility index (Phi) is 5.35. The molecule has 0 N–H and O–H groups in total. The number of rotatable bonds is 3. The van der Waals surface area contributed by atoms with E-state index < -0.39 is 5.82 Å². The van der Waals surface area contributed by atoms with Crippen molar-refractivity contribution in [3.05, 3.63) is 101 Å². The van der Waals surface area contributed by atoms with Crippen molar-refractivity contribution in [3.8, 4) is 17.2 Å². The summed E-state index contributed by atoms with van der Waals surface area (Å²) in [6, 6.07) is 22.3. The Morgan fingerprint density at radius 2 is 1.77 bits per heavy atom. The Labute approximate surface area is 203 Å². The molecule has 0 radical (unpaired) electrons. The fourth-order valence-electron chi connectivity index (χ4n) is 5.60. The molecule has 3 aliphatic rings. The van der Waals surface area contributed by atoms with Gasteiger partial charge in [-0.1, -0.05) is 54.6 Å². The molecule has 3 aromatic rings. The van der Waals surface area contributed by atoms with Crippen molar-refractivity contribution in [2.75, 3.05) is 19.8 Å². The quantitative estimate of drug-likeness (QED) is 0.511. The highest BCUT2D eigenvalue weighted by atomic mass is 19.1. The van der Waals surface area contributed by atoms with Gasteiger partial charge in [-0.15, -0.1) is 0 Å². The third-order valence-electron chi connectivity index (χ3n) is 7.14. The van der Waals surface area contributed by atoms with Crippen LogP contribution in [0.25, 0.3) is 16.7 Å². The SMILES string of the molecule is N#Cc1cc(F)cc(C2=CC3COCC(C2)N3C(=O)OCC2c3ccccc3-c3ccccc32)c1. The fourth-order valence-corrected chi connectivity index (χ4v) is 5.60. The average Bonchev–Trinajstić information content (AvgIpc) is 3.19. The molecule has 1 saturated heterocycles. The van der Waals surface area contributed by atoms with E-state index in [2.05, 4.69) is 24.3 Å². The summed E-state index contributed by atoms with van der Waals surface area (Å²) >= 11 is 0. The zero-order valence-electron chi connectivity index (χ0n) is 19.0. The van der Waals surface area contributed by atoms with Crippen LogP contribution in [-0.2, 0) is 9.47 Å². The molecule has 2 unspecified atom stereocenters. The number of nitrogens with zero attached hydrogens (tertiary/aromatic N) is 2. The van der Waals surface area contributed by atoms with Gasteiger partial charge in [0.05, 0.1) is 36.9 Å². The second-order valence-corrected chi connectivity index (χ2v) is 9.21. The minimum Gasteiger partial charge on any atom is -0.448 e. The van der Waals surface area contributed by atoms with Gasteiger partial charge in [-0.25, -0.2) is 9.18 Å². The molecule has 6 heteroatoms. The number of amides is 1. The molecule has 3 aromatic carbocycles. The molecule has 174 valence electrons. The van der Waals surface area contributed by atoms with Crippen LogP contribution < -0.4 is 0 Å². The molecular weight excluding hydrogens is 443 g/mol. The van der Waals surface area contributed by atoms with Crippen LogP contribution >= 0.6 is 0 Å². The van der Waals surface area contributed by atoms with Crippen molar-refractivity contribution in [2.24, 2.45) is 0 Å². The summed E-state index contributed by atoms with van der Waals surface area (Å²) in [5.41, 5.74) is 6.59. The highest BCUT2D eigenvalue weighted by Gasteiger charge is 2.40. The molecule has 0 spiro atoms. The zero-order valence-corrected chi connectivity index (χ0v) is 19.0. The first-order chi connectivity index (χ1) is 17.1. The highest BCUT2D eigenvalue weighted by Crippen LogP contribution is 2.44. The summed E-state index contributed by atoms with van der Waals surface area (Å²) in [6.45, 7) is 0.999. The third-order valence-corrected chi connectivity index (χ3v) is 7.14. The topological polar surface area (TPSA) is 62.6 Å². The van der Waals surface area contributed by atoms with Crippen molar-refractivity contribution in [1.29, 1.82) is 5.26 Å². The molecule has 2 heterocycles. The van der Waals surface area contributed by atoms with Crippen LogP contribution in [0.1, 0.15) is 34.6 Å². The number of morpholine rings is 1. The fraction of sp³-hybridized carbons (Fsp3) is 0.241. The maximum absolute atomic E-state index is 14.0. The molecule has 0 aromatic heterocycles. The monoisotopic (exact) mass is 466 g/mol. The van der Waals surface area contributed by atoms with E-state index >= 15 is 0 Å². The van der Waals surface area contributed by atoms with Crippen molar-refractivity contribution < 1.29 is 18.7 Å². The van der Waals surface area contributed by atoms with E-state index in [9.17, 15) is 14.4 Å². The van der Waals surface area contributed by atoms with Crippen LogP contribution in [0.15, 0.2) is 72.8 Å². The zero-order chi connectivity index (χ0) is 23.9. The molecule has 1 amide bonds. The van der Waals surface area contributed by atoms with Crippen LogP contribution in [0.5, 0.6) is 0 Å². The van der Waals surface area contributed by atoms with Crippen LogP contribution in [0, 0.1) is 17.1 Å². The summed E-state index contributed by atoms with van der Waals surface area (Å²) in [5, 5.41) is 9.21. The largest absolute Gasteiger partial charge is 0.448 e. The molecule has 0 saturated carbocycles. The lowest BCUT2D eigenvalue weighted by Crippen LogP contribution is -2.56. The Morgan fingerprint density at radius 1 is 1.06 bits per heavy atom. The summed E-state index contributed by atoms with van der Waals surface area (Å²) in [6.07, 6.45) is 2.08.